The highest BCUT2D eigenvalue weighted by Gasteiger charge is 2.33. The third kappa shape index (κ3) is 8.71. The Morgan fingerprint density at radius 1 is 1.02 bits per heavy atom. The van der Waals surface area contributed by atoms with E-state index in [4.69, 9.17) is 16.3 Å². The van der Waals surface area contributed by atoms with Crippen molar-refractivity contribution in [1.29, 1.82) is 0 Å². The number of amides is 2. The van der Waals surface area contributed by atoms with Crippen molar-refractivity contribution in [2.75, 3.05) is 30.8 Å². The fourth-order valence-corrected chi connectivity index (χ4v) is 5.72. The number of rotatable bonds is 13. The average Bonchev–Trinajstić information content (AvgIpc) is 2.92. The van der Waals surface area contributed by atoms with E-state index in [0.717, 1.165) is 32.6 Å². The molecule has 1 atom stereocenters. The lowest BCUT2D eigenvalue weighted by Gasteiger charge is -2.33. The van der Waals surface area contributed by atoms with Crippen molar-refractivity contribution in [2.24, 2.45) is 0 Å². The quantitative estimate of drug-likeness (QED) is 0.280. The van der Waals surface area contributed by atoms with Crippen LogP contribution in [0.1, 0.15) is 24.5 Å². The number of nitrogens with zero attached hydrogens (tertiary/aromatic N) is 2. The number of carbonyl (C=O) groups is 2. The van der Waals surface area contributed by atoms with E-state index < -0.39 is 28.5 Å². The summed E-state index contributed by atoms with van der Waals surface area (Å²) in [6.45, 7) is 1.96. The van der Waals surface area contributed by atoms with Crippen molar-refractivity contribution in [3.8, 4) is 5.75 Å². The molecule has 0 saturated carbocycles. The van der Waals surface area contributed by atoms with Gasteiger partial charge in [0, 0.05) is 24.0 Å². The summed E-state index contributed by atoms with van der Waals surface area (Å²) in [5.41, 5.74) is 1.86. The molecule has 3 aromatic rings. The van der Waals surface area contributed by atoms with Gasteiger partial charge in [-0.15, -0.1) is 0 Å². The van der Waals surface area contributed by atoms with Crippen LogP contribution in [0.15, 0.2) is 77.3 Å². The molecule has 0 fully saturated rings. The third-order valence-electron chi connectivity index (χ3n) is 6.16. The lowest BCUT2D eigenvalue weighted by atomic mass is 10.0. The molecular weight excluding hydrogens is 618 g/mol. The molecule has 3 aromatic carbocycles. The standard InChI is InChI=1S/C29H33BrClN3O5S/c1-4-15-32-29(36)26(17-21-9-6-5-7-10-21)33(19-22-11-8-12-23(30)16-22)28(35)20-34(40(3,37)38)24-13-14-27(39-2)25(31)18-24/h5-14,16,18,26H,4,15,17,19-20H2,1-3H3,(H,32,36)/t26-/m1/s1. The summed E-state index contributed by atoms with van der Waals surface area (Å²) in [5.74, 6) is -0.477. The van der Waals surface area contributed by atoms with E-state index in [0.29, 0.717) is 12.3 Å². The predicted molar refractivity (Wildman–Crippen MR) is 162 cm³/mol. The second-order valence-electron chi connectivity index (χ2n) is 9.24. The second-order valence-corrected chi connectivity index (χ2v) is 12.5. The van der Waals surface area contributed by atoms with Crippen LogP contribution in [0.3, 0.4) is 0 Å². The van der Waals surface area contributed by atoms with E-state index in [2.05, 4.69) is 21.2 Å². The van der Waals surface area contributed by atoms with Gasteiger partial charge in [0.25, 0.3) is 0 Å². The van der Waals surface area contributed by atoms with Crippen LogP contribution in [0.2, 0.25) is 5.02 Å². The Morgan fingerprint density at radius 2 is 1.73 bits per heavy atom. The molecule has 0 radical (unpaired) electrons. The Balaban J connectivity index is 2.05. The molecule has 1 N–H and O–H groups in total. The summed E-state index contributed by atoms with van der Waals surface area (Å²) in [5, 5.41) is 3.12. The van der Waals surface area contributed by atoms with Gasteiger partial charge in [0.2, 0.25) is 21.8 Å². The number of ether oxygens (including phenoxy) is 1. The summed E-state index contributed by atoms with van der Waals surface area (Å²) in [7, 11) is -2.45. The van der Waals surface area contributed by atoms with Gasteiger partial charge in [-0.1, -0.05) is 76.9 Å². The second kappa shape index (κ2) is 14.5. The molecule has 40 heavy (non-hydrogen) atoms. The van der Waals surface area contributed by atoms with Crippen LogP contribution in [0.25, 0.3) is 0 Å². The highest BCUT2D eigenvalue weighted by molar-refractivity contribution is 9.10. The zero-order chi connectivity index (χ0) is 29.3. The highest BCUT2D eigenvalue weighted by Crippen LogP contribution is 2.30. The maximum Gasteiger partial charge on any atom is 0.244 e. The number of methoxy groups -OCH3 is 1. The molecule has 0 aromatic heterocycles. The van der Waals surface area contributed by atoms with Gasteiger partial charge in [0.05, 0.1) is 24.1 Å². The zero-order valence-corrected chi connectivity index (χ0v) is 25.8. The number of hydrogen-bond donors (Lipinski definition) is 1. The summed E-state index contributed by atoms with van der Waals surface area (Å²) in [6, 6.07) is 20.4. The fourth-order valence-electron chi connectivity index (χ4n) is 4.18. The van der Waals surface area contributed by atoms with Gasteiger partial charge in [0.1, 0.15) is 18.3 Å². The van der Waals surface area contributed by atoms with Crippen molar-refractivity contribution in [3.63, 3.8) is 0 Å². The van der Waals surface area contributed by atoms with Crippen LogP contribution in [-0.2, 0) is 32.6 Å². The van der Waals surface area contributed by atoms with Crippen LogP contribution < -0.4 is 14.4 Å². The van der Waals surface area contributed by atoms with Crippen molar-refractivity contribution in [1.82, 2.24) is 10.2 Å². The van der Waals surface area contributed by atoms with Gasteiger partial charge < -0.3 is 15.0 Å². The topological polar surface area (TPSA) is 96.0 Å². The van der Waals surface area contributed by atoms with E-state index >= 15 is 0 Å². The summed E-state index contributed by atoms with van der Waals surface area (Å²) in [6.07, 6.45) is 2.00. The van der Waals surface area contributed by atoms with Crippen molar-refractivity contribution in [3.05, 3.63) is 93.4 Å². The molecule has 0 saturated heterocycles. The normalized spacial score (nSPS) is 11.9. The molecular formula is C29H33BrClN3O5S. The van der Waals surface area contributed by atoms with Crippen molar-refractivity contribution >= 4 is 55.1 Å². The van der Waals surface area contributed by atoms with E-state index in [9.17, 15) is 18.0 Å². The van der Waals surface area contributed by atoms with E-state index in [1.807, 2.05) is 61.5 Å². The molecule has 3 rings (SSSR count). The number of sulfonamides is 1. The lowest BCUT2D eigenvalue weighted by Crippen LogP contribution is -2.53. The molecule has 0 aliphatic heterocycles. The Bertz CT molecular complexity index is 1420. The van der Waals surface area contributed by atoms with E-state index in [-0.39, 0.29) is 29.6 Å². The zero-order valence-electron chi connectivity index (χ0n) is 22.6. The molecule has 0 heterocycles. The van der Waals surface area contributed by atoms with Gasteiger partial charge in [-0.2, -0.15) is 0 Å². The Labute approximate surface area is 249 Å². The first-order chi connectivity index (χ1) is 19.0. The minimum Gasteiger partial charge on any atom is -0.495 e. The first-order valence-corrected chi connectivity index (χ1v) is 15.7. The third-order valence-corrected chi connectivity index (χ3v) is 8.09. The SMILES string of the molecule is CCCNC(=O)[C@@H](Cc1ccccc1)N(Cc1cccc(Br)c1)C(=O)CN(c1ccc(OC)c(Cl)c1)S(C)(=O)=O. The predicted octanol–water partition coefficient (Wildman–Crippen LogP) is 5.04. The van der Waals surface area contributed by atoms with Crippen molar-refractivity contribution in [2.45, 2.75) is 32.4 Å². The highest BCUT2D eigenvalue weighted by atomic mass is 79.9. The molecule has 0 spiro atoms. The molecule has 11 heteroatoms. The lowest BCUT2D eigenvalue weighted by molar-refractivity contribution is -0.140. The first kappa shape index (κ1) is 31.4. The monoisotopic (exact) mass is 649 g/mol. The average molecular weight is 651 g/mol. The first-order valence-electron chi connectivity index (χ1n) is 12.7. The molecule has 0 aliphatic carbocycles. The Kier molecular flexibility index (Phi) is 11.4. The van der Waals surface area contributed by atoms with Crippen LogP contribution in [-0.4, -0.2) is 57.6 Å². The molecule has 0 unspecified atom stereocenters. The minimum atomic E-state index is -3.90. The maximum absolute atomic E-state index is 14.1. The van der Waals surface area contributed by atoms with E-state index in [1.165, 1.54) is 30.2 Å². The number of nitrogens with one attached hydrogen (secondary N) is 1. The van der Waals surface area contributed by atoms with Crippen molar-refractivity contribution < 1.29 is 22.7 Å². The fraction of sp³-hybridized carbons (Fsp3) is 0.310. The largest absolute Gasteiger partial charge is 0.495 e. The Morgan fingerprint density at radius 3 is 2.33 bits per heavy atom. The van der Waals surface area contributed by atoms with Gasteiger partial charge in [-0.3, -0.25) is 13.9 Å². The number of benzene rings is 3. The number of halogens is 2. The van der Waals surface area contributed by atoms with Crippen LogP contribution in [0, 0.1) is 0 Å². The molecule has 214 valence electrons. The van der Waals surface area contributed by atoms with Gasteiger partial charge in [0.15, 0.2) is 0 Å². The number of hydrogen-bond acceptors (Lipinski definition) is 5. The summed E-state index contributed by atoms with van der Waals surface area (Å²) >= 11 is 9.74. The van der Waals surface area contributed by atoms with E-state index in [1.54, 1.807) is 0 Å². The minimum absolute atomic E-state index is 0.0935. The maximum atomic E-state index is 14.1. The van der Waals surface area contributed by atoms with Gasteiger partial charge >= 0.3 is 0 Å². The smallest absolute Gasteiger partial charge is 0.244 e. The molecule has 0 bridgehead atoms. The molecule has 2 amide bonds. The van der Waals surface area contributed by atoms with Gasteiger partial charge in [-0.05, 0) is 47.9 Å². The number of carbonyl (C=O) groups excluding carboxylic acids is 2. The van der Waals surface area contributed by atoms with Crippen LogP contribution in [0.4, 0.5) is 5.69 Å². The molecule has 8 nitrogen and oxygen atoms in total. The Hall–Kier alpha value is -3.08. The molecule has 0 aliphatic rings. The summed E-state index contributed by atoms with van der Waals surface area (Å²) in [4.78, 5) is 29.0. The number of anilines is 1. The summed E-state index contributed by atoms with van der Waals surface area (Å²) < 4.78 is 32.8. The van der Waals surface area contributed by atoms with Gasteiger partial charge in [-0.25, -0.2) is 8.42 Å². The van der Waals surface area contributed by atoms with Crippen LogP contribution >= 0.6 is 27.5 Å². The van der Waals surface area contributed by atoms with Crippen LogP contribution in [0.5, 0.6) is 5.75 Å².